The Bertz CT molecular complexity index is 1120. The summed E-state index contributed by atoms with van der Waals surface area (Å²) in [6, 6.07) is 21.7. The molecule has 5 heteroatoms. The Kier molecular flexibility index (Phi) is 7.66. The number of ether oxygens (including phenoxy) is 1. The van der Waals surface area contributed by atoms with E-state index in [9.17, 15) is 9.59 Å². The summed E-state index contributed by atoms with van der Waals surface area (Å²) >= 11 is 0. The van der Waals surface area contributed by atoms with Crippen LogP contribution in [-0.4, -0.2) is 18.9 Å². The summed E-state index contributed by atoms with van der Waals surface area (Å²) in [4.78, 5) is 24.5. The first-order valence-corrected chi connectivity index (χ1v) is 10.5. The molecule has 0 saturated carbocycles. The van der Waals surface area contributed by atoms with Crippen molar-refractivity contribution in [1.29, 1.82) is 0 Å². The van der Waals surface area contributed by atoms with Gasteiger partial charge in [-0.3, -0.25) is 9.59 Å². The molecule has 1 unspecified atom stereocenters. The fourth-order valence-electron chi connectivity index (χ4n) is 2.81. The molecule has 0 radical (unpaired) electrons. The van der Waals surface area contributed by atoms with Crippen LogP contribution in [0.25, 0.3) is 0 Å². The van der Waals surface area contributed by atoms with E-state index < -0.39 is 0 Å². The summed E-state index contributed by atoms with van der Waals surface area (Å²) in [6.45, 7) is 3.85. The summed E-state index contributed by atoms with van der Waals surface area (Å²) in [5, 5.41) is 5.73. The highest BCUT2D eigenvalue weighted by atomic mass is 16.5. The number of hydrogen-bond donors (Lipinski definition) is 2. The van der Waals surface area contributed by atoms with Gasteiger partial charge in [0.2, 0.25) is 5.91 Å². The summed E-state index contributed by atoms with van der Waals surface area (Å²) in [5.41, 5.74) is 3.60. The van der Waals surface area contributed by atoms with E-state index in [2.05, 4.69) is 22.5 Å². The van der Waals surface area contributed by atoms with Gasteiger partial charge < -0.3 is 15.4 Å². The second kappa shape index (κ2) is 10.8. The van der Waals surface area contributed by atoms with Gasteiger partial charge in [-0.15, -0.1) is 0 Å². The van der Waals surface area contributed by atoms with Crippen molar-refractivity contribution in [1.82, 2.24) is 0 Å². The van der Waals surface area contributed by atoms with E-state index in [1.165, 1.54) is 0 Å². The highest BCUT2D eigenvalue weighted by molar-refractivity contribution is 6.04. The summed E-state index contributed by atoms with van der Waals surface area (Å²) in [6.07, 6.45) is 0.776. The number of benzene rings is 3. The van der Waals surface area contributed by atoms with Crippen LogP contribution in [0.5, 0.6) is 5.75 Å². The Morgan fingerprint density at radius 2 is 1.31 bits per heavy atom. The fraction of sp³-hybridized carbons (Fsp3) is 0.185. The second-order valence-electron chi connectivity index (χ2n) is 7.39. The van der Waals surface area contributed by atoms with Crippen molar-refractivity contribution in [3.05, 3.63) is 89.5 Å². The first kappa shape index (κ1) is 22.6. The van der Waals surface area contributed by atoms with Gasteiger partial charge in [-0.05, 0) is 79.2 Å². The van der Waals surface area contributed by atoms with Crippen molar-refractivity contribution >= 4 is 23.2 Å². The van der Waals surface area contributed by atoms with E-state index in [4.69, 9.17) is 4.74 Å². The largest absolute Gasteiger partial charge is 0.497 e. The molecule has 0 fully saturated rings. The Labute approximate surface area is 188 Å². The average molecular weight is 427 g/mol. The summed E-state index contributed by atoms with van der Waals surface area (Å²) < 4.78 is 5.14. The predicted molar refractivity (Wildman–Crippen MR) is 128 cm³/mol. The van der Waals surface area contributed by atoms with Crippen LogP contribution in [0.1, 0.15) is 41.8 Å². The Hall–Kier alpha value is -4.04. The number of carbonyl (C=O) groups is 2. The zero-order valence-corrected chi connectivity index (χ0v) is 18.4. The molecule has 3 aromatic carbocycles. The molecule has 162 valence electrons. The molecule has 2 N–H and O–H groups in total. The molecular formula is C27H26N2O3. The maximum atomic E-state index is 12.5. The molecule has 0 saturated heterocycles. The first-order valence-electron chi connectivity index (χ1n) is 10.5. The van der Waals surface area contributed by atoms with E-state index >= 15 is 0 Å². The quantitative estimate of drug-likeness (QED) is 0.524. The normalized spacial score (nSPS) is 11.0. The third-order valence-electron chi connectivity index (χ3n) is 5.06. The van der Waals surface area contributed by atoms with E-state index in [-0.39, 0.29) is 17.7 Å². The lowest BCUT2D eigenvalue weighted by Crippen LogP contribution is -2.19. The van der Waals surface area contributed by atoms with Crippen LogP contribution < -0.4 is 15.4 Å². The minimum absolute atomic E-state index is 0.0279. The van der Waals surface area contributed by atoms with Crippen molar-refractivity contribution in [2.45, 2.75) is 20.3 Å². The highest BCUT2D eigenvalue weighted by Crippen LogP contribution is 2.15. The first-order chi connectivity index (χ1) is 15.5. The summed E-state index contributed by atoms with van der Waals surface area (Å²) in [5.74, 6) is 6.70. The lowest BCUT2D eigenvalue weighted by molar-refractivity contribution is -0.119. The lowest BCUT2D eigenvalue weighted by atomic mass is 10.1. The zero-order chi connectivity index (χ0) is 22.9. The molecule has 0 bridgehead atoms. The molecule has 0 aromatic heterocycles. The molecule has 5 nitrogen and oxygen atoms in total. The van der Waals surface area contributed by atoms with Gasteiger partial charge in [0.1, 0.15) is 5.75 Å². The molecule has 1 atom stereocenters. The van der Waals surface area contributed by atoms with E-state index in [1.807, 2.05) is 62.4 Å². The molecule has 2 amide bonds. The Morgan fingerprint density at radius 1 is 0.812 bits per heavy atom. The van der Waals surface area contributed by atoms with Crippen molar-refractivity contribution in [3.8, 4) is 17.6 Å². The molecule has 0 heterocycles. The summed E-state index contributed by atoms with van der Waals surface area (Å²) in [7, 11) is 1.63. The number of hydrogen-bond acceptors (Lipinski definition) is 3. The molecule has 0 spiro atoms. The smallest absolute Gasteiger partial charge is 0.255 e. The second-order valence-corrected chi connectivity index (χ2v) is 7.39. The van der Waals surface area contributed by atoms with E-state index in [0.717, 1.165) is 23.3 Å². The van der Waals surface area contributed by atoms with Crippen LogP contribution in [-0.2, 0) is 4.79 Å². The third-order valence-corrected chi connectivity index (χ3v) is 5.06. The van der Waals surface area contributed by atoms with Crippen molar-refractivity contribution in [2.24, 2.45) is 5.92 Å². The number of anilines is 2. The predicted octanol–water partition coefficient (Wildman–Crippen LogP) is 5.33. The van der Waals surface area contributed by atoms with Gasteiger partial charge in [-0.1, -0.05) is 25.7 Å². The lowest BCUT2D eigenvalue weighted by Gasteiger charge is -2.10. The highest BCUT2D eigenvalue weighted by Gasteiger charge is 2.11. The molecule has 0 aliphatic carbocycles. The van der Waals surface area contributed by atoms with Gasteiger partial charge in [0.25, 0.3) is 5.91 Å². The average Bonchev–Trinajstić information content (AvgIpc) is 2.83. The molecule has 0 aliphatic rings. The minimum atomic E-state index is -0.220. The Balaban J connectivity index is 1.58. The van der Waals surface area contributed by atoms with Crippen LogP contribution >= 0.6 is 0 Å². The number of methoxy groups -OCH3 is 1. The molecule has 3 aromatic rings. The minimum Gasteiger partial charge on any atom is -0.497 e. The van der Waals surface area contributed by atoms with Crippen LogP contribution in [0.2, 0.25) is 0 Å². The topological polar surface area (TPSA) is 67.4 Å². The number of nitrogens with one attached hydrogen (secondary N) is 2. The number of rotatable bonds is 6. The van der Waals surface area contributed by atoms with Crippen LogP contribution in [0.15, 0.2) is 72.8 Å². The standard InChI is InChI=1S/C27H26N2O3/c1-4-19(2)26(30)28-24-15-11-22(12-16-24)27(31)29-23-13-7-20(8-14-23)5-6-21-9-17-25(32-3)18-10-21/h7-19H,4H2,1-3H3,(H,28,30)(H,29,31). The Morgan fingerprint density at radius 3 is 1.84 bits per heavy atom. The van der Waals surface area contributed by atoms with Crippen LogP contribution in [0, 0.1) is 17.8 Å². The molecular weight excluding hydrogens is 400 g/mol. The molecule has 3 rings (SSSR count). The van der Waals surface area contributed by atoms with E-state index in [1.54, 1.807) is 31.4 Å². The van der Waals surface area contributed by atoms with Gasteiger partial charge in [0.15, 0.2) is 0 Å². The maximum absolute atomic E-state index is 12.5. The monoisotopic (exact) mass is 426 g/mol. The maximum Gasteiger partial charge on any atom is 0.255 e. The van der Waals surface area contributed by atoms with Crippen molar-refractivity contribution in [3.63, 3.8) is 0 Å². The number of carbonyl (C=O) groups excluding carboxylic acids is 2. The fourth-order valence-corrected chi connectivity index (χ4v) is 2.81. The van der Waals surface area contributed by atoms with E-state index in [0.29, 0.717) is 16.9 Å². The van der Waals surface area contributed by atoms with Gasteiger partial charge >= 0.3 is 0 Å². The van der Waals surface area contributed by atoms with Gasteiger partial charge in [-0.25, -0.2) is 0 Å². The number of amides is 2. The third kappa shape index (κ3) is 6.23. The van der Waals surface area contributed by atoms with Gasteiger partial charge in [-0.2, -0.15) is 0 Å². The molecule has 0 aliphatic heterocycles. The van der Waals surface area contributed by atoms with Crippen LogP contribution in [0.4, 0.5) is 11.4 Å². The zero-order valence-electron chi connectivity index (χ0n) is 18.4. The van der Waals surface area contributed by atoms with Gasteiger partial charge in [0, 0.05) is 34.0 Å². The van der Waals surface area contributed by atoms with Crippen molar-refractivity contribution < 1.29 is 14.3 Å². The van der Waals surface area contributed by atoms with Crippen LogP contribution in [0.3, 0.4) is 0 Å². The van der Waals surface area contributed by atoms with Gasteiger partial charge in [0.05, 0.1) is 7.11 Å². The van der Waals surface area contributed by atoms with Crippen molar-refractivity contribution in [2.75, 3.05) is 17.7 Å². The SMILES string of the molecule is CCC(C)C(=O)Nc1ccc(C(=O)Nc2ccc(C#Cc3ccc(OC)cc3)cc2)cc1. The molecule has 32 heavy (non-hydrogen) atoms.